The normalized spacial score (nSPS) is 55.9. The average Bonchev–Trinajstić information content (AvgIpc) is 3.77. The van der Waals surface area contributed by atoms with Crippen LogP contribution in [0, 0.1) is 53.3 Å². The second-order valence-corrected chi connectivity index (χ2v) is 16.2. The summed E-state index contributed by atoms with van der Waals surface area (Å²) < 4.78 is 0. The number of fused-ring (bicyclic) bond motifs is 20. The van der Waals surface area contributed by atoms with E-state index >= 15 is 0 Å². The van der Waals surface area contributed by atoms with Crippen LogP contribution < -0.4 is 42.5 Å². The molecule has 4 saturated carbocycles. The summed E-state index contributed by atoms with van der Waals surface area (Å²) in [6.07, 6.45) is 25.5. The van der Waals surface area contributed by atoms with E-state index in [0.717, 1.165) is 11.8 Å². The van der Waals surface area contributed by atoms with Crippen molar-refractivity contribution < 1.29 is 0 Å². The predicted octanol–water partition coefficient (Wildman–Crippen LogP) is 3.17. The number of hydrogen-bond acceptors (Lipinski definition) is 8. The molecule has 5 aliphatic heterocycles. The Hall–Kier alpha value is -0.800. The SMILES string of the molecule is C=C=CC1CCCC2C3NC4NC(NC5NC(NC6NC(NC(N3)C12)C1CCCCC61)C1CCCCC51)C1CCCCC41. The first-order valence-electron chi connectivity index (χ1n) is 18.7. The minimum absolute atomic E-state index is 0.304. The van der Waals surface area contributed by atoms with Crippen molar-refractivity contribution in [1.82, 2.24) is 42.5 Å². The van der Waals surface area contributed by atoms with Crippen LogP contribution in [0.25, 0.3) is 0 Å². The molecule has 9 rings (SSSR count). The van der Waals surface area contributed by atoms with Gasteiger partial charge in [-0.2, -0.15) is 0 Å². The largest absolute Gasteiger partial charge is 0.286 e. The highest BCUT2D eigenvalue weighted by Gasteiger charge is 2.55. The van der Waals surface area contributed by atoms with Crippen molar-refractivity contribution in [3.8, 4) is 0 Å². The van der Waals surface area contributed by atoms with Crippen molar-refractivity contribution >= 4 is 0 Å². The van der Waals surface area contributed by atoms with Crippen LogP contribution in [0.4, 0.5) is 0 Å². The highest BCUT2D eigenvalue weighted by molar-refractivity contribution is 5.10. The standard InChI is InChI=1S/C35H58N8/c1-2-10-19-11-9-18-26-27(19)35-42-33-25-17-8-7-16-24(25)31(40-33)38-29-21-13-4-3-12-20(21)28(36-29)37-30-22-14-5-6-15-23(22)32(39-30)41-34(26)43-35/h10,19-43H,1,3-9,11-18H2. The monoisotopic (exact) mass is 590 g/mol. The molecule has 0 aromatic heterocycles. The molecule has 8 bridgehead atoms. The zero-order valence-corrected chi connectivity index (χ0v) is 26.2. The van der Waals surface area contributed by atoms with E-state index in [-0.39, 0.29) is 0 Å². The number of rotatable bonds is 1. The summed E-state index contributed by atoms with van der Waals surface area (Å²) in [5.74, 6) is 6.03. The van der Waals surface area contributed by atoms with E-state index in [4.69, 9.17) is 0 Å². The molecular weight excluding hydrogens is 532 g/mol. The molecule has 238 valence electrons. The van der Waals surface area contributed by atoms with E-state index in [2.05, 4.69) is 60.9 Å². The maximum atomic E-state index is 4.28. The smallest absolute Gasteiger partial charge is 0.0634 e. The molecule has 0 aromatic carbocycles. The van der Waals surface area contributed by atoms with Gasteiger partial charge < -0.3 is 0 Å². The van der Waals surface area contributed by atoms with Crippen LogP contribution in [0.5, 0.6) is 0 Å². The molecule has 9 fully saturated rings. The Kier molecular flexibility index (Phi) is 7.78. The Morgan fingerprint density at radius 2 is 0.674 bits per heavy atom. The van der Waals surface area contributed by atoms with Crippen molar-refractivity contribution in [2.24, 2.45) is 53.3 Å². The zero-order valence-electron chi connectivity index (χ0n) is 26.2. The number of allylic oxidation sites excluding steroid dienone is 1. The Morgan fingerprint density at radius 3 is 1.02 bits per heavy atom. The molecule has 9 aliphatic rings. The summed E-state index contributed by atoms with van der Waals surface area (Å²) in [5, 5.41) is 33.9. The molecule has 5 saturated heterocycles. The zero-order chi connectivity index (χ0) is 28.5. The van der Waals surface area contributed by atoms with Gasteiger partial charge in [0.15, 0.2) is 0 Å². The minimum Gasteiger partial charge on any atom is -0.286 e. The fourth-order valence-electron chi connectivity index (χ4n) is 12.5. The second-order valence-electron chi connectivity index (χ2n) is 16.2. The Labute approximate surface area is 259 Å². The van der Waals surface area contributed by atoms with Crippen molar-refractivity contribution in [3.05, 3.63) is 18.4 Å². The lowest BCUT2D eigenvalue weighted by Gasteiger charge is -2.38. The second kappa shape index (κ2) is 11.8. The third-order valence-corrected chi connectivity index (χ3v) is 14.3. The summed E-state index contributed by atoms with van der Waals surface area (Å²) in [7, 11) is 0. The van der Waals surface area contributed by atoms with Gasteiger partial charge in [-0.15, -0.1) is 5.73 Å². The van der Waals surface area contributed by atoms with Crippen LogP contribution in [0.3, 0.4) is 0 Å². The summed E-state index contributed by atoms with van der Waals surface area (Å²) >= 11 is 0. The van der Waals surface area contributed by atoms with Crippen molar-refractivity contribution in [2.45, 2.75) is 146 Å². The molecule has 43 heavy (non-hydrogen) atoms. The van der Waals surface area contributed by atoms with Crippen LogP contribution in [0.15, 0.2) is 18.4 Å². The van der Waals surface area contributed by atoms with Crippen molar-refractivity contribution in [3.63, 3.8) is 0 Å². The van der Waals surface area contributed by atoms with Gasteiger partial charge in [-0.05, 0) is 111 Å². The molecule has 0 aromatic rings. The van der Waals surface area contributed by atoms with E-state index in [0.29, 0.717) is 90.8 Å². The predicted molar refractivity (Wildman–Crippen MR) is 170 cm³/mol. The summed E-state index contributed by atoms with van der Waals surface area (Å²) in [4.78, 5) is 0. The summed E-state index contributed by atoms with van der Waals surface area (Å²) in [5.41, 5.74) is 3.21. The molecule has 0 amide bonds. The summed E-state index contributed by atoms with van der Waals surface area (Å²) in [6.45, 7) is 4.02. The van der Waals surface area contributed by atoms with Crippen molar-refractivity contribution in [2.75, 3.05) is 0 Å². The molecular formula is C35H58N8. The molecule has 8 nitrogen and oxygen atoms in total. The van der Waals surface area contributed by atoms with Crippen LogP contribution in [-0.2, 0) is 0 Å². The molecule has 17 atom stereocenters. The van der Waals surface area contributed by atoms with Gasteiger partial charge in [0.2, 0.25) is 0 Å². The Balaban J connectivity index is 1.07. The first-order valence-corrected chi connectivity index (χ1v) is 18.7. The van der Waals surface area contributed by atoms with Gasteiger partial charge in [0.25, 0.3) is 0 Å². The van der Waals surface area contributed by atoms with E-state index < -0.39 is 0 Å². The van der Waals surface area contributed by atoms with Gasteiger partial charge in [0.05, 0.1) is 49.3 Å². The van der Waals surface area contributed by atoms with Crippen molar-refractivity contribution in [1.29, 1.82) is 0 Å². The van der Waals surface area contributed by atoms with E-state index in [1.807, 2.05) is 0 Å². The third kappa shape index (κ3) is 4.94. The van der Waals surface area contributed by atoms with Crippen LogP contribution >= 0.6 is 0 Å². The highest BCUT2D eigenvalue weighted by Crippen LogP contribution is 2.47. The number of nitrogens with one attached hydrogen (secondary N) is 8. The van der Waals surface area contributed by atoms with Gasteiger partial charge in [-0.1, -0.05) is 51.5 Å². The van der Waals surface area contributed by atoms with Gasteiger partial charge in [-0.3, -0.25) is 42.5 Å². The molecule has 4 aliphatic carbocycles. The summed E-state index contributed by atoms with van der Waals surface area (Å²) in [6, 6.07) is 0. The lowest BCUT2D eigenvalue weighted by atomic mass is 9.71. The topological polar surface area (TPSA) is 96.2 Å². The lowest BCUT2D eigenvalue weighted by molar-refractivity contribution is 0.145. The highest BCUT2D eigenvalue weighted by atomic mass is 15.4. The lowest BCUT2D eigenvalue weighted by Crippen LogP contribution is -2.61. The van der Waals surface area contributed by atoms with Gasteiger partial charge in [0.1, 0.15) is 0 Å². The van der Waals surface area contributed by atoms with E-state index in [1.54, 1.807) is 0 Å². The molecule has 0 spiro atoms. The molecule has 8 heteroatoms. The average molecular weight is 591 g/mol. The van der Waals surface area contributed by atoms with Crippen LogP contribution in [0.1, 0.15) is 96.3 Å². The van der Waals surface area contributed by atoms with E-state index in [9.17, 15) is 0 Å². The maximum Gasteiger partial charge on any atom is 0.0634 e. The third-order valence-electron chi connectivity index (χ3n) is 14.3. The van der Waals surface area contributed by atoms with Gasteiger partial charge >= 0.3 is 0 Å². The Bertz CT molecular complexity index is 1060. The quantitative estimate of drug-likeness (QED) is 0.221. The molecule has 5 heterocycles. The maximum absolute atomic E-state index is 4.28. The van der Waals surface area contributed by atoms with Gasteiger partial charge in [-0.25, -0.2) is 0 Å². The van der Waals surface area contributed by atoms with Crippen LogP contribution in [-0.4, -0.2) is 49.3 Å². The fourth-order valence-corrected chi connectivity index (χ4v) is 12.5. The first kappa shape index (κ1) is 28.4. The fraction of sp³-hybridized carbons (Fsp3) is 0.914. The first-order chi connectivity index (χ1) is 21.2. The molecule has 0 radical (unpaired) electrons. The molecule has 17 unspecified atom stereocenters. The number of hydrogen-bond donors (Lipinski definition) is 8. The van der Waals surface area contributed by atoms with E-state index in [1.165, 1.54) is 96.3 Å². The van der Waals surface area contributed by atoms with Crippen LogP contribution in [0.2, 0.25) is 0 Å². The Morgan fingerprint density at radius 1 is 0.372 bits per heavy atom. The minimum atomic E-state index is 0.304. The molecule has 8 N–H and O–H groups in total. The van der Waals surface area contributed by atoms with Gasteiger partial charge in [0, 0.05) is 0 Å².